The van der Waals surface area contributed by atoms with Crippen LogP contribution in [0.1, 0.15) is 31.2 Å². The zero-order valence-corrected chi connectivity index (χ0v) is 10.1. The molecule has 2 unspecified atom stereocenters. The van der Waals surface area contributed by atoms with E-state index in [2.05, 4.69) is 16.7 Å². The number of rotatable bonds is 0. The minimum absolute atomic E-state index is 0.0525. The topological polar surface area (TPSA) is 64.9 Å². The second kappa shape index (κ2) is 4.34. The molecule has 0 spiro atoms. The number of anilines is 2. The molecular formula is C14H15N3O. The molecule has 0 saturated heterocycles. The summed E-state index contributed by atoms with van der Waals surface area (Å²) in [5.41, 5.74) is 2.27. The first kappa shape index (κ1) is 11.1. The van der Waals surface area contributed by atoms with Crippen LogP contribution in [0.25, 0.3) is 0 Å². The van der Waals surface area contributed by atoms with Gasteiger partial charge in [0.1, 0.15) is 0 Å². The van der Waals surface area contributed by atoms with E-state index in [1.807, 2.05) is 6.07 Å². The van der Waals surface area contributed by atoms with E-state index >= 15 is 0 Å². The number of carbonyl (C=O) groups is 1. The van der Waals surface area contributed by atoms with Gasteiger partial charge in [0.15, 0.2) is 0 Å². The molecule has 1 aliphatic carbocycles. The first-order chi connectivity index (χ1) is 8.78. The van der Waals surface area contributed by atoms with E-state index in [4.69, 9.17) is 5.26 Å². The quantitative estimate of drug-likeness (QED) is 0.733. The van der Waals surface area contributed by atoms with Gasteiger partial charge in [-0.15, -0.1) is 0 Å². The summed E-state index contributed by atoms with van der Waals surface area (Å²) in [7, 11) is 0. The summed E-state index contributed by atoms with van der Waals surface area (Å²) in [5.74, 6) is 0.160. The zero-order valence-electron chi connectivity index (χ0n) is 10.1. The summed E-state index contributed by atoms with van der Waals surface area (Å²) in [6.45, 7) is 0. The first-order valence-corrected chi connectivity index (χ1v) is 6.39. The highest BCUT2D eigenvalue weighted by atomic mass is 16.2. The van der Waals surface area contributed by atoms with Crippen molar-refractivity contribution in [3.8, 4) is 6.07 Å². The van der Waals surface area contributed by atoms with E-state index in [1.54, 1.807) is 12.1 Å². The van der Waals surface area contributed by atoms with E-state index in [0.29, 0.717) is 5.56 Å². The number of nitrogens with zero attached hydrogens (tertiary/aromatic N) is 1. The van der Waals surface area contributed by atoms with E-state index in [-0.39, 0.29) is 17.9 Å². The van der Waals surface area contributed by atoms with Gasteiger partial charge in [0, 0.05) is 6.04 Å². The molecule has 1 fully saturated rings. The normalized spacial score (nSPS) is 25.8. The lowest BCUT2D eigenvalue weighted by molar-refractivity contribution is -0.120. The second-order valence-corrected chi connectivity index (χ2v) is 5.00. The smallest absolute Gasteiger partial charge is 0.229 e. The van der Waals surface area contributed by atoms with Crippen LogP contribution in [-0.2, 0) is 4.79 Å². The van der Waals surface area contributed by atoms with Crippen molar-refractivity contribution in [1.29, 1.82) is 5.26 Å². The van der Waals surface area contributed by atoms with Crippen molar-refractivity contribution < 1.29 is 4.79 Å². The molecule has 4 heteroatoms. The van der Waals surface area contributed by atoms with Crippen molar-refractivity contribution >= 4 is 17.3 Å². The fourth-order valence-electron chi connectivity index (χ4n) is 2.88. The number of nitriles is 1. The van der Waals surface area contributed by atoms with Crippen LogP contribution in [0.4, 0.5) is 11.4 Å². The Hall–Kier alpha value is -2.02. The average molecular weight is 241 g/mol. The largest absolute Gasteiger partial charge is 0.380 e. The fraction of sp³-hybridized carbons (Fsp3) is 0.429. The number of nitrogens with one attached hydrogen (secondary N) is 2. The van der Waals surface area contributed by atoms with Crippen LogP contribution in [0, 0.1) is 17.2 Å². The third kappa shape index (κ3) is 1.82. The van der Waals surface area contributed by atoms with Crippen LogP contribution >= 0.6 is 0 Å². The number of benzene rings is 1. The summed E-state index contributed by atoms with van der Waals surface area (Å²) < 4.78 is 0. The molecule has 2 atom stereocenters. The molecule has 2 N–H and O–H groups in total. The molecule has 1 aromatic rings. The summed E-state index contributed by atoms with van der Waals surface area (Å²) >= 11 is 0. The van der Waals surface area contributed by atoms with Crippen LogP contribution in [0.15, 0.2) is 18.2 Å². The minimum atomic E-state index is 0.0525. The van der Waals surface area contributed by atoms with Gasteiger partial charge < -0.3 is 10.6 Å². The number of hydrogen-bond donors (Lipinski definition) is 2. The predicted octanol–water partition coefficient (Wildman–Crippen LogP) is 2.48. The monoisotopic (exact) mass is 241 g/mol. The Morgan fingerprint density at radius 2 is 2.06 bits per heavy atom. The molecule has 0 bridgehead atoms. The van der Waals surface area contributed by atoms with Gasteiger partial charge in [0.25, 0.3) is 0 Å². The van der Waals surface area contributed by atoms with Crippen LogP contribution in [0.3, 0.4) is 0 Å². The van der Waals surface area contributed by atoms with E-state index < -0.39 is 0 Å². The highest BCUT2D eigenvalue weighted by Gasteiger charge is 2.33. The van der Waals surface area contributed by atoms with Gasteiger partial charge in [0.05, 0.1) is 28.9 Å². The average Bonchev–Trinajstić information content (AvgIpc) is 2.54. The number of fused-ring (bicyclic) bond motifs is 2. The van der Waals surface area contributed by atoms with E-state index in [1.165, 1.54) is 0 Å². The Morgan fingerprint density at radius 1 is 1.22 bits per heavy atom. The van der Waals surface area contributed by atoms with Gasteiger partial charge in [-0.05, 0) is 31.0 Å². The summed E-state index contributed by atoms with van der Waals surface area (Å²) in [6, 6.07) is 7.68. The van der Waals surface area contributed by atoms with Crippen molar-refractivity contribution in [1.82, 2.24) is 0 Å². The molecule has 0 aromatic heterocycles. The van der Waals surface area contributed by atoms with Gasteiger partial charge in [-0.3, -0.25) is 4.79 Å². The molecule has 92 valence electrons. The van der Waals surface area contributed by atoms with Crippen LogP contribution < -0.4 is 10.6 Å². The SMILES string of the molecule is N#Cc1ccc2c(c1)NC1CCCCC1C(=O)N2. The van der Waals surface area contributed by atoms with Crippen LogP contribution in [0.5, 0.6) is 0 Å². The Morgan fingerprint density at radius 3 is 2.89 bits per heavy atom. The Kier molecular flexibility index (Phi) is 2.67. The van der Waals surface area contributed by atoms with Crippen molar-refractivity contribution in [2.75, 3.05) is 10.6 Å². The molecule has 4 nitrogen and oxygen atoms in total. The Labute approximate surface area is 106 Å². The van der Waals surface area contributed by atoms with Crippen LogP contribution in [-0.4, -0.2) is 11.9 Å². The van der Waals surface area contributed by atoms with Crippen molar-refractivity contribution in [3.63, 3.8) is 0 Å². The van der Waals surface area contributed by atoms with Gasteiger partial charge in [-0.25, -0.2) is 0 Å². The first-order valence-electron chi connectivity index (χ1n) is 6.39. The molecule has 1 aromatic carbocycles. The molecule has 2 aliphatic rings. The lowest BCUT2D eigenvalue weighted by atomic mass is 9.84. The fourth-order valence-corrected chi connectivity index (χ4v) is 2.88. The molecule has 1 amide bonds. The highest BCUT2D eigenvalue weighted by Crippen LogP contribution is 2.34. The van der Waals surface area contributed by atoms with E-state index in [9.17, 15) is 4.79 Å². The molecule has 3 rings (SSSR count). The lowest BCUT2D eigenvalue weighted by Gasteiger charge is -2.29. The maximum absolute atomic E-state index is 12.1. The summed E-state index contributed by atoms with van der Waals surface area (Å²) in [5, 5.41) is 15.3. The van der Waals surface area contributed by atoms with Gasteiger partial charge in [-0.2, -0.15) is 5.26 Å². The highest BCUT2D eigenvalue weighted by molar-refractivity contribution is 5.98. The molecule has 1 heterocycles. The Bertz CT molecular complexity index is 532. The molecule has 18 heavy (non-hydrogen) atoms. The minimum Gasteiger partial charge on any atom is -0.380 e. The van der Waals surface area contributed by atoms with Crippen molar-refractivity contribution in [3.05, 3.63) is 23.8 Å². The van der Waals surface area contributed by atoms with Gasteiger partial charge in [0.2, 0.25) is 5.91 Å². The lowest BCUT2D eigenvalue weighted by Crippen LogP contribution is -2.37. The number of hydrogen-bond acceptors (Lipinski definition) is 3. The van der Waals surface area contributed by atoms with Crippen LogP contribution in [0.2, 0.25) is 0 Å². The predicted molar refractivity (Wildman–Crippen MR) is 69.2 cm³/mol. The second-order valence-electron chi connectivity index (χ2n) is 5.00. The number of carbonyl (C=O) groups excluding carboxylic acids is 1. The molecular weight excluding hydrogens is 226 g/mol. The zero-order chi connectivity index (χ0) is 12.5. The summed E-state index contributed by atoms with van der Waals surface area (Å²) in [4.78, 5) is 12.1. The number of amides is 1. The molecule has 1 aliphatic heterocycles. The molecule has 1 saturated carbocycles. The third-order valence-corrected chi connectivity index (χ3v) is 3.85. The standard InChI is InChI=1S/C14H15N3O/c15-8-9-5-6-12-13(7-9)16-11-4-2-1-3-10(11)14(18)17-12/h5-7,10-11,16H,1-4H2,(H,17,18). The van der Waals surface area contributed by atoms with Crippen molar-refractivity contribution in [2.24, 2.45) is 5.92 Å². The maximum atomic E-state index is 12.1. The molecule has 0 radical (unpaired) electrons. The van der Waals surface area contributed by atoms with Crippen molar-refractivity contribution in [2.45, 2.75) is 31.7 Å². The maximum Gasteiger partial charge on any atom is 0.229 e. The van der Waals surface area contributed by atoms with Gasteiger partial charge in [-0.1, -0.05) is 12.8 Å². The van der Waals surface area contributed by atoms with E-state index in [0.717, 1.165) is 37.1 Å². The third-order valence-electron chi connectivity index (χ3n) is 3.85. The summed E-state index contributed by atoms with van der Waals surface area (Å²) in [6.07, 6.45) is 4.25. The Balaban J connectivity index is 1.99. The van der Waals surface area contributed by atoms with Gasteiger partial charge >= 0.3 is 0 Å².